The van der Waals surface area contributed by atoms with Crippen molar-refractivity contribution in [3.63, 3.8) is 0 Å². The van der Waals surface area contributed by atoms with Crippen LogP contribution in [0.4, 0.5) is 5.69 Å². The van der Waals surface area contributed by atoms with Gasteiger partial charge in [-0.15, -0.1) is 0 Å². The minimum Gasteiger partial charge on any atom is -0.506 e. The second kappa shape index (κ2) is 8.03. The van der Waals surface area contributed by atoms with Gasteiger partial charge in [-0.05, 0) is 35.4 Å². The van der Waals surface area contributed by atoms with Gasteiger partial charge in [-0.1, -0.05) is 36.4 Å². The fourth-order valence-electron chi connectivity index (χ4n) is 3.76. The Balaban J connectivity index is 1.44. The second-order valence-electron chi connectivity index (χ2n) is 7.61. The SMILES string of the molecule is Cn1cc(-c2ccc(Cn3cc(C(=O)Nc4ccccc4O)c4ncccc43)cc2)cn1. The van der Waals surface area contributed by atoms with Crippen molar-refractivity contribution in [3.8, 4) is 16.9 Å². The fourth-order valence-corrected chi connectivity index (χ4v) is 3.76. The fraction of sp³-hybridized carbons (Fsp3) is 0.0800. The summed E-state index contributed by atoms with van der Waals surface area (Å²) >= 11 is 0. The van der Waals surface area contributed by atoms with Gasteiger partial charge in [0.15, 0.2) is 0 Å². The van der Waals surface area contributed by atoms with Crippen LogP contribution in [0.2, 0.25) is 0 Å². The van der Waals surface area contributed by atoms with Crippen molar-refractivity contribution in [2.24, 2.45) is 7.05 Å². The molecular weight excluding hydrogens is 402 g/mol. The molecule has 0 aliphatic rings. The monoisotopic (exact) mass is 423 g/mol. The number of para-hydroxylation sites is 2. The number of fused-ring (bicyclic) bond motifs is 1. The standard InChI is InChI=1S/C25H21N5O2/c1-29-15-19(13-27-29)18-10-8-17(9-11-18)14-30-16-20(24-22(30)6-4-12-26-24)25(32)28-21-5-2-3-7-23(21)31/h2-13,15-16,31H,14H2,1H3,(H,28,32). The smallest absolute Gasteiger partial charge is 0.259 e. The molecule has 7 heteroatoms. The molecule has 158 valence electrons. The van der Waals surface area contributed by atoms with Crippen LogP contribution < -0.4 is 5.32 Å². The lowest BCUT2D eigenvalue weighted by Gasteiger charge is -2.07. The number of anilines is 1. The van der Waals surface area contributed by atoms with E-state index in [1.807, 2.05) is 42.3 Å². The van der Waals surface area contributed by atoms with Gasteiger partial charge in [0.1, 0.15) is 11.3 Å². The van der Waals surface area contributed by atoms with Crippen LogP contribution in [0.5, 0.6) is 5.75 Å². The summed E-state index contributed by atoms with van der Waals surface area (Å²) in [7, 11) is 1.90. The maximum absolute atomic E-state index is 13.0. The van der Waals surface area contributed by atoms with E-state index in [2.05, 4.69) is 39.7 Å². The summed E-state index contributed by atoms with van der Waals surface area (Å²) in [6.07, 6.45) is 7.30. The van der Waals surface area contributed by atoms with Crippen LogP contribution in [0.25, 0.3) is 22.2 Å². The zero-order valence-electron chi connectivity index (χ0n) is 17.4. The van der Waals surface area contributed by atoms with Crippen molar-refractivity contribution in [1.82, 2.24) is 19.3 Å². The number of phenolic OH excluding ortho intramolecular Hbond substituents is 1. The summed E-state index contributed by atoms with van der Waals surface area (Å²) < 4.78 is 3.80. The lowest BCUT2D eigenvalue weighted by atomic mass is 10.1. The highest BCUT2D eigenvalue weighted by molar-refractivity contribution is 6.12. The lowest BCUT2D eigenvalue weighted by Crippen LogP contribution is -2.12. The molecular formula is C25H21N5O2. The molecule has 0 aliphatic heterocycles. The molecule has 7 nitrogen and oxygen atoms in total. The van der Waals surface area contributed by atoms with Crippen molar-refractivity contribution in [2.45, 2.75) is 6.54 Å². The van der Waals surface area contributed by atoms with Crippen molar-refractivity contribution in [1.29, 1.82) is 0 Å². The van der Waals surface area contributed by atoms with Gasteiger partial charge < -0.3 is 15.0 Å². The maximum Gasteiger partial charge on any atom is 0.259 e. The molecule has 3 aromatic heterocycles. The topological polar surface area (TPSA) is 85.0 Å². The number of benzene rings is 2. The molecule has 0 atom stereocenters. The Morgan fingerprint density at radius 1 is 1.00 bits per heavy atom. The largest absolute Gasteiger partial charge is 0.506 e. The van der Waals surface area contributed by atoms with E-state index < -0.39 is 0 Å². The normalized spacial score (nSPS) is 11.0. The third-order valence-corrected chi connectivity index (χ3v) is 5.38. The number of nitrogens with one attached hydrogen (secondary N) is 1. The summed E-state index contributed by atoms with van der Waals surface area (Å²) in [6.45, 7) is 0.597. The highest BCUT2D eigenvalue weighted by atomic mass is 16.3. The van der Waals surface area contributed by atoms with Crippen molar-refractivity contribution >= 4 is 22.6 Å². The van der Waals surface area contributed by atoms with E-state index in [0.717, 1.165) is 22.2 Å². The Labute approximate surface area is 184 Å². The van der Waals surface area contributed by atoms with Crippen LogP contribution >= 0.6 is 0 Å². The highest BCUT2D eigenvalue weighted by Crippen LogP contribution is 2.26. The average Bonchev–Trinajstić information content (AvgIpc) is 3.40. The maximum atomic E-state index is 13.0. The number of carbonyl (C=O) groups is 1. The van der Waals surface area contributed by atoms with Gasteiger partial charge in [-0.25, -0.2) is 0 Å². The van der Waals surface area contributed by atoms with Gasteiger partial charge >= 0.3 is 0 Å². The van der Waals surface area contributed by atoms with E-state index >= 15 is 0 Å². The summed E-state index contributed by atoms with van der Waals surface area (Å²) in [6, 6.07) is 18.8. The summed E-state index contributed by atoms with van der Waals surface area (Å²) in [4.78, 5) is 17.4. The number of aryl methyl sites for hydroxylation is 1. The number of phenols is 1. The van der Waals surface area contributed by atoms with Crippen LogP contribution in [0.1, 0.15) is 15.9 Å². The first kappa shape index (κ1) is 19.6. The van der Waals surface area contributed by atoms with Crippen LogP contribution in [-0.2, 0) is 13.6 Å². The lowest BCUT2D eigenvalue weighted by molar-refractivity contribution is 0.102. The molecule has 1 amide bonds. The molecule has 2 aromatic carbocycles. The Morgan fingerprint density at radius 2 is 1.81 bits per heavy atom. The number of rotatable bonds is 5. The Kier molecular flexibility index (Phi) is 4.91. The Bertz CT molecular complexity index is 1420. The van der Waals surface area contributed by atoms with Crippen LogP contribution in [-0.4, -0.2) is 30.3 Å². The molecule has 5 aromatic rings. The van der Waals surface area contributed by atoms with Gasteiger partial charge in [0.25, 0.3) is 5.91 Å². The first-order chi connectivity index (χ1) is 15.6. The van der Waals surface area contributed by atoms with Gasteiger partial charge in [0, 0.05) is 37.7 Å². The predicted octanol–water partition coefficient (Wildman–Crippen LogP) is 4.44. The number of aromatic hydroxyl groups is 1. The Hall–Kier alpha value is -4.39. The summed E-state index contributed by atoms with van der Waals surface area (Å²) in [5, 5.41) is 17.0. The molecule has 0 fully saturated rings. The van der Waals surface area contributed by atoms with E-state index in [1.165, 1.54) is 6.07 Å². The van der Waals surface area contributed by atoms with Crippen LogP contribution in [0.15, 0.2) is 85.5 Å². The first-order valence-corrected chi connectivity index (χ1v) is 10.2. The molecule has 3 heterocycles. The van der Waals surface area contributed by atoms with Crippen LogP contribution in [0, 0.1) is 0 Å². The van der Waals surface area contributed by atoms with Gasteiger partial charge in [-0.2, -0.15) is 5.10 Å². The summed E-state index contributed by atoms with van der Waals surface area (Å²) in [5.74, 6) is -0.299. The molecule has 0 aliphatic carbocycles. The molecule has 2 N–H and O–H groups in total. The second-order valence-corrected chi connectivity index (χ2v) is 7.61. The first-order valence-electron chi connectivity index (χ1n) is 10.2. The van der Waals surface area contributed by atoms with Crippen molar-refractivity contribution < 1.29 is 9.90 Å². The van der Waals surface area contributed by atoms with E-state index in [-0.39, 0.29) is 11.7 Å². The predicted molar refractivity (Wildman–Crippen MR) is 124 cm³/mol. The van der Waals surface area contributed by atoms with E-state index in [1.54, 1.807) is 29.1 Å². The molecule has 0 spiro atoms. The minimum absolute atomic E-state index is 0.0197. The number of amides is 1. The number of carbonyl (C=O) groups excluding carboxylic acids is 1. The molecule has 0 saturated heterocycles. The minimum atomic E-state index is -0.319. The molecule has 0 bridgehead atoms. The number of hydrogen-bond donors (Lipinski definition) is 2. The Morgan fingerprint density at radius 3 is 2.56 bits per heavy atom. The number of hydrogen-bond acceptors (Lipinski definition) is 4. The summed E-state index contributed by atoms with van der Waals surface area (Å²) in [5.41, 5.74) is 5.57. The zero-order valence-corrected chi connectivity index (χ0v) is 17.4. The molecule has 5 rings (SSSR count). The van der Waals surface area contributed by atoms with Gasteiger partial charge in [0.05, 0.1) is 23.0 Å². The van der Waals surface area contributed by atoms with Gasteiger partial charge in [0.2, 0.25) is 0 Å². The molecule has 0 radical (unpaired) electrons. The molecule has 0 saturated carbocycles. The third kappa shape index (κ3) is 3.72. The third-order valence-electron chi connectivity index (χ3n) is 5.38. The average molecular weight is 423 g/mol. The van der Waals surface area contributed by atoms with E-state index in [9.17, 15) is 9.90 Å². The number of nitrogens with zero attached hydrogens (tertiary/aromatic N) is 4. The van der Waals surface area contributed by atoms with Crippen LogP contribution in [0.3, 0.4) is 0 Å². The molecule has 32 heavy (non-hydrogen) atoms. The van der Waals surface area contributed by atoms with Gasteiger partial charge in [-0.3, -0.25) is 14.5 Å². The quantitative estimate of drug-likeness (QED) is 0.409. The zero-order chi connectivity index (χ0) is 22.1. The highest BCUT2D eigenvalue weighted by Gasteiger charge is 2.17. The number of pyridine rings is 1. The number of aromatic nitrogens is 4. The van der Waals surface area contributed by atoms with Crippen molar-refractivity contribution in [2.75, 3.05) is 5.32 Å². The van der Waals surface area contributed by atoms with Crippen molar-refractivity contribution in [3.05, 3.63) is 96.6 Å². The van der Waals surface area contributed by atoms with E-state index in [4.69, 9.17) is 0 Å². The molecule has 0 unspecified atom stereocenters. The van der Waals surface area contributed by atoms with E-state index in [0.29, 0.717) is 23.3 Å².